The van der Waals surface area contributed by atoms with Gasteiger partial charge in [-0.3, -0.25) is 0 Å². The highest BCUT2D eigenvalue weighted by molar-refractivity contribution is 7.80. The average Bonchev–Trinajstić information content (AvgIpc) is 2.67. The Kier molecular flexibility index (Phi) is 24.2. The molecule has 0 atom stereocenters. The van der Waals surface area contributed by atoms with E-state index in [0.29, 0.717) is 0 Å². The van der Waals surface area contributed by atoms with Crippen molar-refractivity contribution in [3.05, 3.63) is 0 Å². The van der Waals surface area contributed by atoms with Gasteiger partial charge >= 0.3 is 0 Å². The molecule has 0 fully saturated rings. The molecule has 0 aliphatic carbocycles. The molecule has 0 saturated heterocycles. The Labute approximate surface area is 196 Å². The van der Waals surface area contributed by atoms with E-state index in [1.54, 1.807) is 0 Å². The summed E-state index contributed by atoms with van der Waals surface area (Å²) in [5, 5.41) is 0. The van der Waals surface area contributed by atoms with Gasteiger partial charge in [0, 0.05) is 0 Å². The number of halogens is 1. The van der Waals surface area contributed by atoms with Gasteiger partial charge in [-0.25, -0.2) is 0 Å². The van der Waals surface area contributed by atoms with E-state index < -0.39 is 7.38 Å². The summed E-state index contributed by atoms with van der Waals surface area (Å²) in [6.45, 7) is 4.54. The van der Waals surface area contributed by atoms with Gasteiger partial charge in [0.1, 0.15) is 7.38 Å². The summed E-state index contributed by atoms with van der Waals surface area (Å²) in [5.41, 5.74) is 0. The largest absolute Gasteiger partial charge is 0.179 e. The first-order valence-corrected chi connectivity index (χ1v) is 18.2. The van der Waals surface area contributed by atoms with Crippen molar-refractivity contribution in [2.45, 2.75) is 160 Å². The van der Waals surface area contributed by atoms with Crippen LogP contribution in [0, 0.1) is 0 Å². The summed E-state index contributed by atoms with van der Waals surface area (Å²) in [4.78, 5) is 0. The summed E-state index contributed by atoms with van der Waals surface area (Å²) in [6, 6.07) is 1.30. The lowest BCUT2D eigenvalue weighted by molar-refractivity contribution is 0.520. The van der Waals surface area contributed by atoms with E-state index in [1.165, 1.54) is 147 Å². The molecule has 29 heavy (non-hydrogen) atoms. The van der Waals surface area contributed by atoms with Crippen LogP contribution in [-0.4, -0.2) is 13.1 Å². The van der Waals surface area contributed by atoms with Crippen LogP contribution in [0.4, 0.5) is 0 Å². The Morgan fingerprint density at radius 3 is 0.828 bits per heavy atom. The van der Waals surface area contributed by atoms with Crippen LogP contribution in [0.25, 0.3) is 0 Å². The zero-order chi connectivity index (χ0) is 21.5. The summed E-state index contributed by atoms with van der Waals surface area (Å²) in [5.74, 6) is 1.07. The summed E-state index contributed by atoms with van der Waals surface area (Å²) >= 11 is 10.6. The molecule has 0 heterocycles. The highest BCUT2D eigenvalue weighted by atomic mass is 35.6. The molecule has 0 bridgehead atoms. The minimum atomic E-state index is -1.30. The van der Waals surface area contributed by atoms with Crippen molar-refractivity contribution < 1.29 is 0 Å². The minimum Gasteiger partial charge on any atom is -0.179 e. The zero-order valence-corrected chi connectivity index (χ0v) is 22.9. The minimum absolute atomic E-state index is 1.07. The summed E-state index contributed by atoms with van der Waals surface area (Å²) < 4.78 is 0. The monoisotopic (exact) mass is 462 g/mol. The van der Waals surface area contributed by atoms with Gasteiger partial charge in [0.15, 0.2) is 0 Å². The fraction of sp³-hybridized carbons (Fsp3) is 1.00. The van der Waals surface area contributed by atoms with Crippen LogP contribution >= 0.6 is 23.7 Å². The van der Waals surface area contributed by atoms with Crippen molar-refractivity contribution in [3.63, 3.8) is 0 Å². The molecule has 0 radical (unpaired) electrons. The van der Waals surface area contributed by atoms with E-state index in [0.717, 1.165) is 5.75 Å². The van der Waals surface area contributed by atoms with Gasteiger partial charge in [-0.15, -0.1) is 0 Å². The molecule has 0 unspecified atom stereocenters. The van der Waals surface area contributed by atoms with E-state index in [1.807, 2.05) is 0 Å². The first-order chi connectivity index (χ1) is 14.1. The van der Waals surface area contributed by atoms with Gasteiger partial charge in [0.25, 0.3) is 0 Å². The first-order valence-electron chi connectivity index (χ1n) is 13.4. The molecule has 0 N–H and O–H groups in total. The van der Waals surface area contributed by atoms with Crippen molar-refractivity contribution in [2.24, 2.45) is 0 Å². The molecular weight excluding hydrogens is 408 g/mol. The van der Waals surface area contributed by atoms with Gasteiger partial charge in [-0.1, -0.05) is 148 Å². The average molecular weight is 463 g/mol. The Bertz CT molecular complexity index is 304. The molecule has 0 saturated carbocycles. The lowest BCUT2D eigenvalue weighted by Crippen LogP contribution is -2.14. The first kappa shape index (κ1) is 29.9. The molecule has 0 aromatic carbocycles. The number of unbranched alkanes of at least 4 members (excludes halogenated alkanes) is 21. The van der Waals surface area contributed by atoms with Gasteiger partial charge in [0.05, 0.1) is 0 Å². The molecular formula is C26H55ClSSi. The maximum Gasteiger partial charge on any atom is 0.150 e. The summed E-state index contributed by atoms with van der Waals surface area (Å²) in [6.07, 6.45) is 31.8. The predicted octanol–water partition coefficient (Wildman–Crippen LogP) is 10.9. The smallest absolute Gasteiger partial charge is 0.150 e. The topological polar surface area (TPSA) is 0 Å². The van der Waals surface area contributed by atoms with Crippen LogP contribution in [0.1, 0.15) is 141 Å². The lowest BCUT2D eigenvalue weighted by Gasteiger charge is -2.11. The molecule has 0 aromatic heterocycles. The number of hydrogen-bond acceptors (Lipinski definition) is 1. The molecule has 0 aliphatic heterocycles. The van der Waals surface area contributed by atoms with Crippen LogP contribution in [-0.2, 0) is 0 Å². The van der Waals surface area contributed by atoms with E-state index in [9.17, 15) is 0 Å². The van der Waals surface area contributed by atoms with Crippen LogP contribution in [0.2, 0.25) is 19.1 Å². The third-order valence-electron chi connectivity index (χ3n) is 6.18. The lowest BCUT2D eigenvalue weighted by atomic mass is 10.0. The van der Waals surface area contributed by atoms with Crippen molar-refractivity contribution in [2.75, 3.05) is 5.75 Å². The Morgan fingerprint density at radius 2 is 0.621 bits per heavy atom. The quantitative estimate of drug-likeness (QED) is 0.0626. The third-order valence-corrected chi connectivity index (χ3v) is 8.61. The van der Waals surface area contributed by atoms with E-state index in [4.69, 9.17) is 11.1 Å². The number of thiol groups is 1. The normalized spacial score (nSPS) is 12.0. The highest BCUT2D eigenvalue weighted by Gasteiger charge is 2.15. The molecule has 0 spiro atoms. The number of hydrogen-bond donors (Lipinski definition) is 1. The van der Waals surface area contributed by atoms with E-state index >= 15 is 0 Å². The Hall–Kier alpha value is 0.857. The van der Waals surface area contributed by atoms with Crippen LogP contribution < -0.4 is 0 Å². The van der Waals surface area contributed by atoms with Crippen LogP contribution in [0.5, 0.6) is 0 Å². The summed E-state index contributed by atoms with van der Waals surface area (Å²) in [7, 11) is -1.30. The van der Waals surface area contributed by atoms with Crippen LogP contribution in [0.15, 0.2) is 0 Å². The molecule has 0 aromatic rings. The van der Waals surface area contributed by atoms with Gasteiger partial charge < -0.3 is 0 Å². The third kappa shape index (κ3) is 28.9. The van der Waals surface area contributed by atoms with Crippen molar-refractivity contribution in [3.8, 4) is 0 Å². The second kappa shape index (κ2) is 23.5. The number of rotatable bonds is 24. The molecule has 176 valence electrons. The second-order valence-corrected chi connectivity index (χ2v) is 17.4. The van der Waals surface area contributed by atoms with Crippen LogP contribution in [0.3, 0.4) is 0 Å². The van der Waals surface area contributed by atoms with E-state index in [2.05, 4.69) is 25.7 Å². The van der Waals surface area contributed by atoms with Crippen molar-refractivity contribution in [1.82, 2.24) is 0 Å². The van der Waals surface area contributed by atoms with Crippen molar-refractivity contribution >= 4 is 31.1 Å². The Balaban J connectivity index is 3.02. The fourth-order valence-corrected chi connectivity index (χ4v) is 5.91. The fourth-order valence-electron chi connectivity index (χ4n) is 4.19. The highest BCUT2D eigenvalue weighted by Crippen LogP contribution is 2.19. The molecule has 0 aliphatic rings. The molecule has 3 heteroatoms. The molecule has 0 rings (SSSR count). The van der Waals surface area contributed by atoms with Gasteiger partial charge in [0.2, 0.25) is 0 Å². The van der Waals surface area contributed by atoms with Gasteiger partial charge in [-0.2, -0.15) is 23.7 Å². The molecule has 0 nitrogen and oxygen atoms in total. The molecule has 0 amide bonds. The SMILES string of the molecule is C[Si](C)(Cl)CCCCCCCCCCCCCCCCCCCCCCCCS. The van der Waals surface area contributed by atoms with E-state index in [-0.39, 0.29) is 0 Å². The predicted molar refractivity (Wildman–Crippen MR) is 144 cm³/mol. The van der Waals surface area contributed by atoms with Gasteiger partial charge in [-0.05, 0) is 18.2 Å². The van der Waals surface area contributed by atoms with Crippen molar-refractivity contribution in [1.29, 1.82) is 0 Å². The zero-order valence-electron chi connectivity index (χ0n) is 20.3. The maximum absolute atomic E-state index is 6.37. The Morgan fingerprint density at radius 1 is 0.414 bits per heavy atom. The standard InChI is InChI=1S/C26H55ClSSi/c1-29(2,27)26-24-22-20-18-16-14-12-10-8-6-4-3-5-7-9-11-13-15-17-19-21-23-25-28/h28H,3-26H2,1-2H3. The second-order valence-electron chi connectivity index (χ2n) is 9.97. The maximum atomic E-state index is 6.37.